The van der Waals surface area contributed by atoms with Crippen LogP contribution in [0.4, 0.5) is 14.5 Å². The molecule has 1 heterocycles. The van der Waals surface area contributed by atoms with Crippen LogP contribution >= 0.6 is 0 Å². The van der Waals surface area contributed by atoms with E-state index >= 15 is 0 Å². The summed E-state index contributed by atoms with van der Waals surface area (Å²) >= 11 is 0. The van der Waals surface area contributed by atoms with Gasteiger partial charge in [0.05, 0.1) is 29.2 Å². The lowest BCUT2D eigenvalue weighted by Gasteiger charge is -2.23. The second kappa shape index (κ2) is 5.49. The Bertz CT molecular complexity index is 565. The monoisotopic (exact) mass is 286 g/mol. The molecule has 1 atom stereocenters. The number of rotatable bonds is 3. The molecule has 1 amide bonds. The summed E-state index contributed by atoms with van der Waals surface area (Å²) in [7, 11) is 0. The molecule has 1 aliphatic heterocycles. The van der Waals surface area contributed by atoms with Crippen LogP contribution in [0.5, 0.6) is 0 Å². The van der Waals surface area contributed by atoms with Gasteiger partial charge < -0.3 is 10.0 Å². The Labute approximate surface area is 112 Å². The van der Waals surface area contributed by atoms with Gasteiger partial charge in [-0.2, -0.15) is 4.39 Å². The molecule has 1 saturated heterocycles. The van der Waals surface area contributed by atoms with E-state index in [9.17, 15) is 23.7 Å². The molecule has 108 valence electrons. The third-order valence-electron chi connectivity index (χ3n) is 3.31. The van der Waals surface area contributed by atoms with Crippen molar-refractivity contribution >= 4 is 11.6 Å². The van der Waals surface area contributed by atoms with Gasteiger partial charge in [-0.15, -0.1) is 0 Å². The lowest BCUT2D eigenvalue weighted by Crippen LogP contribution is -2.38. The number of aliphatic hydroxyl groups is 1. The molecule has 2 rings (SSSR count). The fraction of sp³-hybridized carbons (Fsp3) is 0.417. The molecule has 1 unspecified atom stereocenters. The van der Waals surface area contributed by atoms with Crippen LogP contribution in [0.3, 0.4) is 0 Å². The zero-order chi connectivity index (χ0) is 14.9. The molecule has 20 heavy (non-hydrogen) atoms. The number of halogens is 2. The number of amides is 1. The SMILES string of the molecule is O=C(c1cc(F)c([N+](=O)[O-])cc1F)N1CCCC1CO. The lowest BCUT2D eigenvalue weighted by atomic mass is 10.1. The second-order valence-electron chi connectivity index (χ2n) is 4.52. The van der Waals surface area contributed by atoms with Crippen molar-refractivity contribution in [1.29, 1.82) is 0 Å². The number of benzene rings is 1. The highest BCUT2D eigenvalue weighted by Crippen LogP contribution is 2.25. The molecule has 0 saturated carbocycles. The highest BCUT2D eigenvalue weighted by atomic mass is 19.1. The molecule has 1 aromatic rings. The van der Waals surface area contributed by atoms with Crippen molar-refractivity contribution in [2.24, 2.45) is 0 Å². The Morgan fingerprint density at radius 2 is 2.15 bits per heavy atom. The third kappa shape index (κ3) is 2.46. The molecule has 1 fully saturated rings. The predicted molar refractivity (Wildman–Crippen MR) is 64.2 cm³/mol. The predicted octanol–water partition coefficient (Wildman–Crippen LogP) is 1.47. The number of carbonyl (C=O) groups is 1. The van der Waals surface area contributed by atoms with Crippen LogP contribution in [-0.2, 0) is 0 Å². The number of hydrogen-bond donors (Lipinski definition) is 1. The van der Waals surface area contributed by atoms with Gasteiger partial charge in [0.15, 0.2) is 0 Å². The molecule has 1 aliphatic rings. The van der Waals surface area contributed by atoms with Crippen molar-refractivity contribution in [3.05, 3.63) is 39.4 Å². The van der Waals surface area contributed by atoms with Gasteiger partial charge in [-0.1, -0.05) is 0 Å². The minimum atomic E-state index is -1.26. The summed E-state index contributed by atoms with van der Waals surface area (Å²) in [6.45, 7) is 0.0743. The van der Waals surface area contributed by atoms with E-state index in [1.807, 2.05) is 0 Å². The minimum Gasteiger partial charge on any atom is -0.394 e. The summed E-state index contributed by atoms with van der Waals surface area (Å²) in [6.07, 6.45) is 1.24. The van der Waals surface area contributed by atoms with Gasteiger partial charge in [-0.05, 0) is 18.9 Å². The Balaban J connectivity index is 2.35. The number of likely N-dealkylation sites (tertiary alicyclic amines) is 1. The number of aliphatic hydroxyl groups excluding tert-OH is 1. The molecule has 8 heteroatoms. The van der Waals surface area contributed by atoms with Crippen molar-refractivity contribution in [2.75, 3.05) is 13.2 Å². The summed E-state index contributed by atoms with van der Waals surface area (Å²) in [5.74, 6) is -3.18. The van der Waals surface area contributed by atoms with Gasteiger partial charge in [0, 0.05) is 6.54 Å². The van der Waals surface area contributed by atoms with Crippen LogP contribution in [0.15, 0.2) is 12.1 Å². The third-order valence-corrected chi connectivity index (χ3v) is 3.31. The fourth-order valence-corrected chi connectivity index (χ4v) is 2.29. The Hall–Kier alpha value is -2.09. The van der Waals surface area contributed by atoms with Crippen molar-refractivity contribution in [3.63, 3.8) is 0 Å². The Morgan fingerprint density at radius 1 is 1.45 bits per heavy atom. The van der Waals surface area contributed by atoms with Gasteiger partial charge in [-0.25, -0.2) is 4.39 Å². The molecule has 1 N–H and O–H groups in total. The van der Waals surface area contributed by atoms with Gasteiger partial charge in [-0.3, -0.25) is 14.9 Å². The maximum atomic E-state index is 13.7. The quantitative estimate of drug-likeness (QED) is 0.673. The zero-order valence-corrected chi connectivity index (χ0v) is 10.4. The highest BCUT2D eigenvalue weighted by molar-refractivity contribution is 5.95. The van der Waals surface area contributed by atoms with E-state index in [1.54, 1.807) is 0 Å². The van der Waals surface area contributed by atoms with E-state index in [0.717, 1.165) is 0 Å². The van der Waals surface area contributed by atoms with Crippen LogP contribution in [0.1, 0.15) is 23.2 Å². The number of nitro benzene ring substituents is 1. The average Bonchev–Trinajstić information content (AvgIpc) is 2.88. The maximum absolute atomic E-state index is 13.7. The van der Waals surface area contributed by atoms with E-state index in [4.69, 9.17) is 5.11 Å². The van der Waals surface area contributed by atoms with Crippen LogP contribution in [0.25, 0.3) is 0 Å². The van der Waals surface area contributed by atoms with Crippen molar-refractivity contribution in [1.82, 2.24) is 4.90 Å². The van der Waals surface area contributed by atoms with E-state index in [0.29, 0.717) is 31.5 Å². The normalized spacial score (nSPS) is 18.4. The number of carbonyl (C=O) groups excluding carboxylic acids is 1. The fourth-order valence-electron chi connectivity index (χ4n) is 2.29. The lowest BCUT2D eigenvalue weighted by molar-refractivity contribution is -0.387. The summed E-state index contributed by atoms with van der Waals surface area (Å²) in [5.41, 5.74) is -1.58. The first-order valence-electron chi connectivity index (χ1n) is 6.01. The van der Waals surface area contributed by atoms with Crippen LogP contribution in [0.2, 0.25) is 0 Å². The smallest absolute Gasteiger partial charge is 0.307 e. The first-order valence-corrected chi connectivity index (χ1v) is 6.01. The van der Waals surface area contributed by atoms with Gasteiger partial charge in [0.2, 0.25) is 5.82 Å². The molecule has 1 aromatic carbocycles. The Kier molecular flexibility index (Phi) is 3.93. The summed E-state index contributed by atoms with van der Waals surface area (Å²) < 4.78 is 27.2. The first kappa shape index (κ1) is 14.3. The van der Waals surface area contributed by atoms with Crippen LogP contribution in [0, 0.1) is 21.7 Å². The molecule has 6 nitrogen and oxygen atoms in total. The van der Waals surface area contributed by atoms with Crippen molar-refractivity contribution < 1.29 is 23.6 Å². The van der Waals surface area contributed by atoms with E-state index in [-0.39, 0.29) is 6.61 Å². The molecule has 0 aliphatic carbocycles. The van der Waals surface area contributed by atoms with E-state index in [1.165, 1.54) is 4.90 Å². The van der Waals surface area contributed by atoms with Crippen LogP contribution < -0.4 is 0 Å². The van der Waals surface area contributed by atoms with Crippen molar-refractivity contribution in [2.45, 2.75) is 18.9 Å². The van der Waals surface area contributed by atoms with Gasteiger partial charge in [0.1, 0.15) is 5.82 Å². The summed E-state index contributed by atoms with van der Waals surface area (Å²) in [4.78, 5) is 22.8. The molecule has 0 spiro atoms. The summed E-state index contributed by atoms with van der Waals surface area (Å²) in [6, 6.07) is 0.495. The van der Waals surface area contributed by atoms with E-state index < -0.39 is 39.8 Å². The number of nitrogens with zero attached hydrogens (tertiary/aromatic N) is 2. The maximum Gasteiger partial charge on any atom is 0.307 e. The molecular formula is C12H12F2N2O4. The number of hydrogen-bond acceptors (Lipinski definition) is 4. The minimum absolute atomic E-state index is 0.261. The Morgan fingerprint density at radius 3 is 2.75 bits per heavy atom. The summed E-state index contributed by atoms with van der Waals surface area (Å²) in [5, 5.41) is 19.6. The largest absolute Gasteiger partial charge is 0.394 e. The van der Waals surface area contributed by atoms with Crippen molar-refractivity contribution in [3.8, 4) is 0 Å². The average molecular weight is 286 g/mol. The standard InChI is InChI=1S/C12H12F2N2O4/c13-9-5-11(16(19)20)10(14)4-8(9)12(18)15-3-1-2-7(15)6-17/h4-5,7,17H,1-3,6H2. The van der Waals surface area contributed by atoms with Gasteiger partial charge >= 0.3 is 5.69 Å². The zero-order valence-electron chi connectivity index (χ0n) is 10.4. The molecule has 0 bridgehead atoms. The molecule has 0 aromatic heterocycles. The topological polar surface area (TPSA) is 83.7 Å². The number of nitro groups is 1. The van der Waals surface area contributed by atoms with Crippen LogP contribution in [-0.4, -0.2) is 40.0 Å². The first-order chi connectivity index (χ1) is 9.45. The molecular weight excluding hydrogens is 274 g/mol. The van der Waals surface area contributed by atoms with E-state index in [2.05, 4.69) is 0 Å². The molecule has 0 radical (unpaired) electrons. The highest BCUT2D eigenvalue weighted by Gasteiger charge is 2.31. The second-order valence-corrected chi connectivity index (χ2v) is 4.52. The van der Waals surface area contributed by atoms with Gasteiger partial charge in [0.25, 0.3) is 5.91 Å².